The predicted octanol–water partition coefficient (Wildman–Crippen LogP) is 2.81. The van der Waals surface area contributed by atoms with E-state index >= 15 is 0 Å². The molecule has 1 aliphatic rings. The highest BCUT2D eigenvalue weighted by Gasteiger charge is 2.21. The van der Waals surface area contributed by atoms with Crippen molar-refractivity contribution in [1.82, 2.24) is 4.90 Å². The number of rotatable bonds is 3. The Labute approximate surface area is 120 Å². The molecule has 0 aliphatic carbocycles. The van der Waals surface area contributed by atoms with Crippen molar-refractivity contribution in [2.75, 3.05) is 13.1 Å². The smallest absolute Gasteiger partial charge is 0.257 e. The third kappa shape index (κ3) is 3.98. The number of carbonyl (C=O) groups is 1. The Bertz CT molecular complexity index is 406. The lowest BCUT2D eigenvalue weighted by atomic mass is 9.98. The van der Waals surface area contributed by atoms with Gasteiger partial charge in [-0.05, 0) is 31.2 Å². The Balaban J connectivity index is 0.00000180. The van der Waals surface area contributed by atoms with Crippen molar-refractivity contribution < 1.29 is 9.21 Å². The van der Waals surface area contributed by atoms with Crippen molar-refractivity contribution >= 4 is 18.3 Å². The summed E-state index contributed by atoms with van der Waals surface area (Å²) in [5, 5.41) is 0. The van der Waals surface area contributed by atoms with Crippen LogP contribution >= 0.6 is 12.4 Å². The number of carbonyl (C=O) groups excluding carboxylic acids is 1. The summed E-state index contributed by atoms with van der Waals surface area (Å²) in [6.45, 7) is 4.29. The van der Waals surface area contributed by atoms with Gasteiger partial charge in [0, 0.05) is 13.1 Å². The van der Waals surface area contributed by atoms with E-state index in [1.165, 1.54) is 19.1 Å². The number of hydrogen-bond donors (Lipinski definition) is 1. The molecule has 2 N–H and O–H groups in total. The number of furan rings is 1. The van der Waals surface area contributed by atoms with E-state index in [4.69, 9.17) is 10.2 Å². The minimum Gasteiger partial charge on any atom is -0.467 e. The predicted molar refractivity (Wildman–Crippen MR) is 77.4 cm³/mol. The summed E-state index contributed by atoms with van der Waals surface area (Å²) in [4.78, 5) is 14.2. The van der Waals surface area contributed by atoms with Crippen LogP contribution < -0.4 is 5.73 Å². The summed E-state index contributed by atoms with van der Waals surface area (Å²) >= 11 is 0. The zero-order valence-corrected chi connectivity index (χ0v) is 12.2. The van der Waals surface area contributed by atoms with Crippen LogP contribution in [0.25, 0.3) is 0 Å². The van der Waals surface area contributed by atoms with Gasteiger partial charge in [-0.15, -0.1) is 12.4 Å². The SMILES string of the molecule is CCC1CCCN(C(=O)c2coc(CN)c2)CC1.Cl. The average Bonchev–Trinajstić information content (AvgIpc) is 2.75. The van der Waals surface area contributed by atoms with E-state index in [0.29, 0.717) is 17.9 Å². The summed E-state index contributed by atoms with van der Waals surface area (Å²) in [6, 6.07) is 1.75. The Hall–Kier alpha value is -1.00. The third-order valence-electron chi connectivity index (χ3n) is 3.81. The second-order valence-corrected chi connectivity index (χ2v) is 5.00. The first-order valence-electron chi connectivity index (χ1n) is 6.81. The van der Waals surface area contributed by atoms with Crippen LogP contribution in [0.4, 0.5) is 0 Å². The first-order valence-corrected chi connectivity index (χ1v) is 6.81. The van der Waals surface area contributed by atoms with E-state index in [0.717, 1.165) is 31.8 Å². The quantitative estimate of drug-likeness (QED) is 0.929. The Morgan fingerprint density at radius 2 is 2.26 bits per heavy atom. The van der Waals surface area contributed by atoms with Crippen LogP contribution in [0, 0.1) is 5.92 Å². The average molecular weight is 287 g/mol. The number of nitrogens with two attached hydrogens (primary N) is 1. The summed E-state index contributed by atoms with van der Waals surface area (Å²) in [6.07, 6.45) is 6.19. The van der Waals surface area contributed by atoms with Gasteiger partial charge in [-0.3, -0.25) is 4.79 Å². The zero-order chi connectivity index (χ0) is 13.0. The maximum Gasteiger partial charge on any atom is 0.257 e. The van der Waals surface area contributed by atoms with Crippen LogP contribution in [-0.2, 0) is 6.54 Å². The fraction of sp³-hybridized carbons (Fsp3) is 0.643. The third-order valence-corrected chi connectivity index (χ3v) is 3.81. The van der Waals surface area contributed by atoms with E-state index in [-0.39, 0.29) is 18.3 Å². The topological polar surface area (TPSA) is 59.5 Å². The summed E-state index contributed by atoms with van der Waals surface area (Å²) < 4.78 is 5.23. The molecule has 2 rings (SSSR count). The second-order valence-electron chi connectivity index (χ2n) is 5.00. The van der Waals surface area contributed by atoms with Crippen LogP contribution in [0.2, 0.25) is 0 Å². The number of likely N-dealkylation sites (tertiary alicyclic amines) is 1. The molecule has 1 amide bonds. The van der Waals surface area contributed by atoms with Gasteiger partial charge in [-0.2, -0.15) is 0 Å². The van der Waals surface area contributed by atoms with E-state index < -0.39 is 0 Å². The van der Waals surface area contributed by atoms with Crippen LogP contribution in [0.3, 0.4) is 0 Å². The van der Waals surface area contributed by atoms with Crippen molar-refractivity contribution in [1.29, 1.82) is 0 Å². The standard InChI is InChI=1S/C14H22N2O2.ClH/c1-2-11-4-3-6-16(7-5-11)14(17)12-8-13(9-15)18-10-12;/h8,10-11H,2-7,9,15H2,1H3;1H. The molecule has 1 aliphatic heterocycles. The van der Waals surface area contributed by atoms with E-state index in [2.05, 4.69) is 6.92 Å². The van der Waals surface area contributed by atoms with Crippen LogP contribution in [-0.4, -0.2) is 23.9 Å². The molecule has 108 valence electrons. The van der Waals surface area contributed by atoms with Gasteiger partial charge >= 0.3 is 0 Å². The van der Waals surface area contributed by atoms with Crippen molar-refractivity contribution in [2.45, 2.75) is 39.2 Å². The lowest BCUT2D eigenvalue weighted by Crippen LogP contribution is -2.31. The van der Waals surface area contributed by atoms with Gasteiger partial charge in [0.25, 0.3) is 5.91 Å². The zero-order valence-electron chi connectivity index (χ0n) is 11.4. The summed E-state index contributed by atoms with van der Waals surface area (Å²) in [5.74, 6) is 1.52. The highest BCUT2D eigenvalue weighted by atomic mass is 35.5. The highest BCUT2D eigenvalue weighted by Crippen LogP contribution is 2.21. The molecule has 0 bridgehead atoms. The largest absolute Gasteiger partial charge is 0.467 e. The van der Waals surface area contributed by atoms with Gasteiger partial charge in [-0.1, -0.05) is 13.3 Å². The Morgan fingerprint density at radius 1 is 1.47 bits per heavy atom. The maximum atomic E-state index is 12.3. The molecule has 4 nitrogen and oxygen atoms in total. The summed E-state index contributed by atoms with van der Waals surface area (Å²) in [5.41, 5.74) is 6.11. The van der Waals surface area contributed by atoms with Crippen LogP contribution in [0.15, 0.2) is 16.7 Å². The summed E-state index contributed by atoms with van der Waals surface area (Å²) in [7, 11) is 0. The van der Waals surface area contributed by atoms with Crippen LogP contribution in [0.1, 0.15) is 48.7 Å². The highest BCUT2D eigenvalue weighted by molar-refractivity contribution is 5.94. The molecule has 0 saturated carbocycles. The minimum absolute atomic E-state index is 0. The molecule has 0 spiro atoms. The number of nitrogens with zero attached hydrogens (tertiary/aromatic N) is 1. The molecule has 19 heavy (non-hydrogen) atoms. The number of amides is 1. The van der Waals surface area contributed by atoms with Gasteiger partial charge < -0.3 is 15.1 Å². The lowest BCUT2D eigenvalue weighted by molar-refractivity contribution is 0.0759. The molecule has 0 radical (unpaired) electrons. The molecule has 1 aromatic rings. The van der Waals surface area contributed by atoms with Gasteiger partial charge in [0.15, 0.2) is 0 Å². The van der Waals surface area contributed by atoms with Crippen LogP contribution in [0.5, 0.6) is 0 Å². The van der Waals surface area contributed by atoms with E-state index in [9.17, 15) is 4.79 Å². The fourth-order valence-electron chi connectivity index (χ4n) is 2.56. The van der Waals surface area contributed by atoms with E-state index in [1.807, 2.05) is 4.90 Å². The first-order chi connectivity index (χ1) is 8.74. The first kappa shape index (κ1) is 16.1. The fourth-order valence-corrected chi connectivity index (χ4v) is 2.56. The number of hydrogen-bond acceptors (Lipinski definition) is 3. The van der Waals surface area contributed by atoms with Crippen molar-refractivity contribution in [3.05, 3.63) is 23.7 Å². The molecule has 0 aromatic carbocycles. The molecule has 1 saturated heterocycles. The van der Waals surface area contributed by atoms with Gasteiger partial charge in [0.2, 0.25) is 0 Å². The molecule has 5 heteroatoms. The Kier molecular flexibility index (Phi) is 6.38. The molecular weight excluding hydrogens is 264 g/mol. The maximum absolute atomic E-state index is 12.3. The Morgan fingerprint density at radius 3 is 2.89 bits per heavy atom. The molecule has 1 fully saturated rings. The minimum atomic E-state index is 0. The molecule has 1 atom stereocenters. The monoisotopic (exact) mass is 286 g/mol. The van der Waals surface area contributed by atoms with Crippen molar-refractivity contribution in [3.8, 4) is 0 Å². The van der Waals surface area contributed by atoms with Gasteiger partial charge in [0.1, 0.15) is 12.0 Å². The molecular formula is C14H23ClN2O2. The lowest BCUT2D eigenvalue weighted by Gasteiger charge is -2.19. The second kappa shape index (κ2) is 7.56. The molecule has 2 heterocycles. The normalized spacial score (nSPS) is 19.7. The van der Waals surface area contributed by atoms with Gasteiger partial charge in [0.05, 0.1) is 12.1 Å². The van der Waals surface area contributed by atoms with Crippen molar-refractivity contribution in [3.63, 3.8) is 0 Å². The molecule has 1 aromatic heterocycles. The number of halogens is 1. The molecule has 1 unspecified atom stereocenters. The van der Waals surface area contributed by atoms with E-state index in [1.54, 1.807) is 6.07 Å². The van der Waals surface area contributed by atoms with Crippen molar-refractivity contribution in [2.24, 2.45) is 11.7 Å². The van der Waals surface area contributed by atoms with Gasteiger partial charge in [-0.25, -0.2) is 0 Å².